The molecular formula is C13H11N5O. The van der Waals surface area contributed by atoms with E-state index in [0.29, 0.717) is 5.69 Å². The van der Waals surface area contributed by atoms with E-state index in [9.17, 15) is 4.79 Å². The molecule has 0 spiro atoms. The first kappa shape index (κ1) is 11.2. The summed E-state index contributed by atoms with van der Waals surface area (Å²) in [6.07, 6.45) is 6.29. The lowest BCUT2D eigenvalue weighted by atomic mass is 10.1. The maximum absolute atomic E-state index is 11.9. The second-order valence-electron chi connectivity index (χ2n) is 3.95. The minimum Gasteiger partial charge on any atom is -0.307 e. The molecule has 0 aliphatic heterocycles. The molecule has 3 aromatic rings. The predicted octanol–water partition coefficient (Wildman–Crippen LogP) is 2.35. The van der Waals surface area contributed by atoms with Crippen LogP contribution in [0.15, 0.2) is 55.2 Å². The van der Waals surface area contributed by atoms with Gasteiger partial charge in [0, 0.05) is 29.8 Å². The van der Waals surface area contributed by atoms with Crippen molar-refractivity contribution in [2.24, 2.45) is 0 Å². The van der Waals surface area contributed by atoms with Crippen molar-refractivity contribution in [1.29, 1.82) is 0 Å². The highest BCUT2D eigenvalue weighted by atomic mass is 16.2. The SMILES string of the molecule is O=C(Nc1cccc(-c2ccn[nH]2)c1)n1ccnc1. The number of carbonyl (C=O) groups is 1. The summed E-state index contributed by atoms with van der Waals surface area (Å²) in [5, 5.41) is 9.59. The molecule has 0 atom stereocenters. The molecule has 2 aromatic heterocycles. The average Bonchev–Trinajstić information content (AvgIpc) is 3.13. The number of nitrogens with one attached hydrogen (secondary N) is 2. The van der Waals surface area contributed by atoms with Gasteiger partial charge in [-0.25, -0.2) is 9.78 Å². The number of H-pyrrole nitrogens is 1. The number of hydrogen-bond acceptors (Lipinski definition) is 3. The van der Waals surface area contributed by atoms with Gasteiger partial charge in [-0.3, -0.25) is 9.67 Å². The van der Waals surface area contributed by atoms with Gasteiger partial charge in [-0.2, -0.15) is 5.10 Å². The second-order valence-corrected chi connectivity index (χ2v) is 3.95. The number of nitrogens with zero attached hydrogens (tertiary/aromatic N) is 3. The Morgan fingerprint density at radius 1 is 1.26 bits per heavy atom. The highest BCUT2D eigenvalue weighted by molar-refractivity contribution is 5.91. The van der Waals surface area contributed by atoms with Gasteiger partial charge in [0.1, 0.15) is 6.33 Å². The van der Waals surface area contributed by atoms with Crippen LogP contribution in [-0.2, 0) is 0 Å². The summed E-state index contributed by atoms with van der Waals surface area (Å²) in [6.45, 7) is 0. The first-order valence-electron chi connectivity index (χ1n) is 5.72. The fourth-order valence-corrected chi connectivity index (χ4v) is 1.75. The highest BCUT2D eigenvalue weighted by Crippen LogP contribution is 2.20. The zero-order chi connectivity index (χ0) is 13.1. The molecule has 0 aliphatic carbocycles. The smallest absolute Gasteiger partial charge is 0.307 e. The number of benzene rings is 1. The number of aromatic amines is 1. The number of carbonyl (C=O) groups excluding carboxylic acids is 1. The van der Waals surface area contributed by atoms with E-state index in [4.69, 9.17) is 0 Å². The number of aromatic nitrogens is 4. The molecule has 1 aromatic carbocycles. The van der Waals surface area contributed by atoms with Gasteiger partial charge < -0.3 is 5.32 Å². The van der Waals surface area contributed by atoms with E-state index in [0.717, 1.165) is 11.3 Å². The van der Waals surface area contributed by atoms with Gasteiger partial charge in [0.2, 0.25) is 0 Å². The summed E-state index contributed by atoms with van der Waals surface area (Å²) < 4.78 is 1.38. The monoisotopic (exact) mass is 253 g/mol. The van der Waals surface area contributed by atoms with E-state index >= 15 is 0 Å². The van der Waals surface area contributed by atoms with Gasteiger partial charge in [0.05, 0.1) is 5.69 Å². The Balaban J connectivity index is 1.82. The molecule has 19 heavy (non-hydrogen) atoms. The van der Waals surface area contributed by atoms with E-state index in [1.165, 1.54) is 10.9 Å². The highest BCUT2D eigenvalue weighted by Gasteiger charge is 2.05. The summed E-state index contributed by atoms with van der Waals surface area (Å²) in [4.78, 5) is 15.7. The third kappa shape index (κ3) is 2.37. The Morgan fingerprint density at radius 2 is 2.21 bits per heavy atom. The average molecular weight is 253 g/mol. The first-order chi connectivity index (χ1) is 9.33. The number of rotatable bonds is 2. The lowest BCUT2D eigenvalue weighted by molar-refractivity contribution is 0.253. The van der Waals surface area contributed by atoms with Gasteiger partial charge in [-0.05, 0) is 18.2 Å². The molecule has 6 nitrogen and oxygen atoms in total. The van der Waals surface area contributed by atoms with Gasteiger partial charge in [0.15, 0.2) is 0 Å². The minimum atomic E-state index is -0.251. The van der Waals surface area contributed by atoms with Crippen molar-refractivity contribution in [2.45, 2.75) is 0 Å². The van der Waals surface area contributed by atoms with E-state index in [1.54, 1.807) is 18.6 Å². The Morgan fingerprint density at radius 3 is 2.95 bits per heavy atom. The lowest BCUT2D eigenvalue weighted by Crippen LogP contribution is -2.17. The van der Waals surface area contributed by atoms with Crippen molar-refractivity contribution < 1.29 is 4.79 Å². The molecule has 0 radical (unpaired) electrons. The summed E-state index contributed by atoms with van der Waals surface area (Å²) >= 11 is 0. The van der Waals surface area contributed by atoms with Crippen LogP contribution in [0.4, 0.5) is 10.5 Å². The second kappa shape index (κ2) is 4.77. The molecule has 1 amide bonds. The summed E-state index contributed by atoms with van der Waals surface area (Å²) in [7, 11) is 0. The van der Waals surface area contributed by atoms with Crippen LogP contribution >= 0.6 is 0 Å². The number of anilines is 1. The van der Waals surface area contributed by atoms with Crippen molar-refractivity contribution in [1.82, 2.24) is 19.7 Å². The molecule has 94 valence electrons. The molecule has 3 rings (SSSR count). The zero-order valence-corrected chi connectivity index (χ0v) is 9.95. The number of hydrogen-bond donors (Lipinski definition) is 2. The van der Waals surface area contributed by atoms with Crippen LogP contribution in [-0.4, -0.2) is 25.8 Å². The molecule has 2 heterocycles. The molecule has 2 N–H and O–H groups in total. The fraction of sp³-hybridized carbons (Fsp3) is 0. The standard InChI is InChI=1S/C13H11N5O/c19-13(18-7-6-14-9-18)16-11-3-1-2-10(8-11)12-4-5-15-17-12/h1-9H,(H,15,17)(H,16,19). The molecule has 6 heteroatoms. The minimum absolute atomic E-state index is 0.251. The normalized spacial score (nSPS) is 10.3. The Labute approximate surface area is 109 Å². The van der Waals surface area contributed by atoms with Crippen LogP contribution in [0.1, 0.15) is 0 Å². The molecule has 0 saturated heterocycles. The maximum atomic E-state index is 11.9. The summed E-state index contributed by atoms with van der Waals surface area (Å²) in [6, 6.07) is 9.15. The Bertz CT molecular complexity index is 673. The predicted molar refractivity (Wildman–Crippen MR) is 70.7 cm³/mol. The largest absolute Gasteiger partial charge is 0.331 e. The van der Waals surface area contributed by atoms with Crippen LogP contribution in [0.5, 0.6) is 0 Å². The first-order valence-corrected chi connectivity index (χ1v) is 5.72. The van der Waals surface area contributed by atoms with Gasteiger partial charge in [-0.1, -0.05) is 12.1 Å². The molecule has 0 unspecified atom stereocenters. The van der Waals surface area contributed by atoms with Gasteiger partial charge in [-0.15, -0.1) is 0 Å². The molecule has 0 aliphatic rings. The van der Waals surface area contributed by atoms with Gasteiger partial charge >= 0.3 is 6.03 Å². The summed E-state index contributed by atoms with van der Waals surface area (Å²) in [5.74, 6) is 0. The van der Waals surface area contributed by atoms with E-state index in [1.807, 2.05) is 30.3 Å². The maximum Gasteiger partial charge on any atom is 0.331 e. The van der Waals surface area contributed by atoms with Crippen LogP contribution in [0, 0.1) is 0 Å². The van der Waals surface area contributed by atoms with Crippen LogP contribution in [0.3, 0.4) is 0 Å². The molecule has 0 saturated carbocycles. The van der Waals surface area contributed by atoms with Gasteiger partial charge in [0.25, 0.3) is 0 Å². The van der Waals surface area contributed by atoms with Crippen LogP contribution in [0.2, 0.25) is 0 Å². The Kier molecular flexibility index (Phi) is 2.82. The van der Waals surface area contributed by atoms with E-state index < -0.39 is 0 Å². The van der Waals surface area contributed by atoms with Crippen LogP contribution < -0.4 is 5.32 Å². The molecule has 0 fully saturated rings. The topological polar surface area (TPSA) is 75.6 Å². The summed E-state index contributed by atoms with van der Waals surface area (Å²) in [5.41, 5.74) is 2.57. The number of imidazole rings is 1. The van der Waals surface area contributed by atoms with Crippen molar-refractivity contribution >= 4 is 11.7 Å². The van der Waals surface area contributed by atoms with Crippen molar-refractivity contribution in [3.63, 3.8) is 0 Å². The van der Waals surface area contributed by atoms with E-state index in [2.05, 4.69) is 20.5 Å². The third-order valence-corrected chi connectivity index (χ3v) is 2.66. The molecule has 0 bridgehead atoms. The third-order valence-electron chi connectivity index (χ3n) is 2.66. The van der Waals surface area contributed by atoms with Crippen LogP contribution in [0.25, 0.3) is 11.3 Å². The lowest BCUT2D eigenvalue weighted by Gasteiger charge is -2.06. The Hall–Kier alpha value is -2.89. The zero-order valence-electron chi connectivity index (χ0n) is 9.95. The van der Waals surface area contributed by atoms with Crippen molar-refractivity contribution in [2.75, 3.05) is 5.32 Å². The van der Waals surface area contributed by atoms with Crippen molar-refractivity contribution in [3.05, 3.63) is 55.2 Å². The fourth-order valence-electron chi connectivity index (χ4n) is 1.75. The molecular weight excluding hydrogens is 242 g/mol. The quantitative estimate of drug-likeness (QED) is 0.736. The van der Waals surface area contributed by atoms with Crippen molar-refractivity contribution in [3.8, 4) is 11.3 Å². The number of amides is 1. The van der Waals surface area contributed by atoms with E-state index in [-0.39, 0.29) is 6.03 Å².